The molecule has 1 fully saturated rings. The lowest BCUT2D eigenvalue weighted by Crippen LogP contribution is -2.48. The summed E-state index contributed by atoms with van der Waals surface area (Å²) in [7, 11) is 0. The molecule has 2 rings (SSSR count). The molecule has 0 atom stereocenters. The summed E-state index contributed by atoms with van der Waals surface area (Å²) in [5.74, 6) is -1.22. The quantitative estimate of drug-likeness (QED) is 0.791. The van der Waals surface area contributed by atoms with Crippen LogP contribution < -0.4 is 11.1 Å². The molecule has 0 heterocycles. The summed E-state index contributed by atoms with van der Waals surface area (Å²) >= 11 is 3.28. The maximum atomic E-state index is 11.9. The van der Waals surface area contributed by atoms with Crippen LogP contribution in [0, 0.1) is 0 Å². The van der Waals surface area contributed by atoms with Crippen molar-refractivity contribution in [2.75, 3.05) is 5.32 Å². The normalized spacial score (nSPS) is 16.5. The SMILES string of the molecule is NC1(CC(=O)Nc2cc(C(=O)O)ccc2Br)CCC1. The number of aromatic carboxylic acids is 1. The highest BCUT2D eigenvalue weighted by molar-refractivity contribution is 9.10. The number of hydrogen-bond donors (Lipinski definition) is 3. The van der Waals surface area contributed by atoms with Crippen LogP contribution in [-0.2, 0) is 4.79 Å². The van der Waals surface area contributed by atoms with E-state index < -0.39 is 5.97 Å². The summed E-state index contributed by atoms with van der Waals surface area (Å²) < 4.78 is 0.644. The highest BCUT2D eigenvalue weighted by Gasteiger charge is 2.34. The van der Waals surface area contributed by atoms with E-state index in [9.17, 15) is 9.59 Å². The van der Waals surface area contributed by atoms with Gasteiger partial charge in [0, 0.05) is 16.4 Å². The second-order valence-electron chi connectivity index (χ2n) is 4.94. The monoisotopic (exact) mass is 326 g/mol. The third-order valence-corrected chi connectivity index (χ3v) is 4.04. The van der Waals surface area contributed by atoms with Gasteiger partial charge in [0.2, 0.25) is 5.91 Å². The van der Waals surface area contributed by atoms with Crippen molar-refractivity contribution in [3.63, 3.8) is 0 Å². The van der Waals surface area contributed by atoms with Gasteiger partial charge >= 0.3 is 5.97 Å². The standard InChI is InChI=1S/C13H15BrN2O3/c14-9-3-2-8(12(18)19)6-10(9)16-11(17)7-13(15)4-1-5-13/h2-3,6H,1,4-5,7,15H2,(H,16,17)(H,18,19). The molecule has 0 saturated heterocycles. The van der Waals surface area contributed by atoms with Gasteiger partial charge in [-0.25, -0.2) is 4.79 Å². The van der Waals surface area contributed by atoms with Crippen LogP contribution in [0.3, 0.4) is 0 Å². The largest absolute Gasteiger partial charge is 0.478 e. The summed E-state index contributed by atoms with van der Waals surface area (Å²) in [6, 6.07) is 4.49. The van der Waals surface area contributed by atoms with Crippen LogP contribution in [0.4, 0.5) is 5.69 Å². The van der Waals surface area contributed by atoms with Crippen molar-refractivity contribution in [3.05, 3.63) is 28.2 Å². The minimum absolute atomic E-state index is 0.129. The molecule has 0 spiro atoms. The van der Waals surface area contributed by atoms with Crippen LogP contribution in [0.2, 0.25) is 0 Å². The summed E-state index contributed by atoms with van der Waals surface area (Å²) in [5.41, 5.74) is 6.20. The third kappa shape index (κ3) is 3.33. The fraction of sp³-hybridized carbons (Fsp3) is 0.385. The van der Waals surface area contributed by atoms with E-state index in [1.54, 1.807) is 6.07 Å². The topological polar surface area (TPSA) is 92.4 Å². The number of nitrogens with one attached hydrogen (secondary N) is 1. The molecule has 6 heteroatoms. The third-order valence-electron chi connectivity index (χ3n) is 3.35. The average molecular weight is 327 g/mol. The van der Waals surface area contributed by atoms with Gasteiger partial charge in [0.1, 0.15) is 0 Å². The Balaban J connectivity index is 2.07. The molecule has 0 radical (unpaired) electrons. The minimum atomic E-state index is -1.03. The molecule has 4 N–H and O–H groups in total. The van der Waals surface area contributed by atoms with Crippen molar-refractivity contribution < 1.29 is 14.7 Å². The fourth-order valence-corrected chi connectivity index (χ4v) is 2.42. The highest BCUT2D eigenvalue weighted by Crippen LogP contribution is 2.33. The number of rotatable bonds is 4. The molecular weight excluding hydrogens is 312 g/mol. The number of carboxylic acids is 1. The Morgan fingerprint density at radius 1 is 1.42 bits per heavy atom. The highest BCUT2D eigenvalue weighted by atomic mass is 79.9. The Hall–Kier alpha value is -1.40. The number of carboxylic acid groups (broad SMARTS) is 1. The maximum Gasteiger partial charge on any atom is 0.335 e. The van der Waals surface area contributed by atoms with Gasteiger partial charge < -0.3 is 16.2 Å². The predicted octanol–water partition coefficient (Wildman–Crippen LogP) is 2.36. The first-order valence-corrected chi connectivity index (χ1v) is 6.80. The van der Waals surface area contributed by atoms with Crippen LogP contribution in [0.1, 0.15) is 36.0 Å². The van der Waals surface area contributed by atoms with Gasteiger partial charge in [-0.05, 0) is 53.4 Å². The van der Waals surface area contributed by atoms with Gasteiger partial charge in [0.15, 0.2) is 0 Å². The number of anilines is 1. The number of hydrogen-bond acceptors (Lipinski definition) is 3. The molecule has 0 unspecified atom stereocenters. The first-order chi connectivity index (χ1) is 8.89. The molecule has 1 aromatic carbocycles. The Morgan fingerprint density at radius 3 is 2.63 bits per heavy atom. The number of benzene rings is 1. The molecule has 1 aromatic rings. The molecular formula is C13H15BrN2O3. The van der Waals surface area contributed by atoms with Crippen molar-refractivity contribution in [2.24, 2.45) is 5.73 Å². The van der Waals surface area contributed by atoms with Gasteiger partial charge in [0.05, 0.1) is 11.3 Å². The molecule has 1 amide bonds. The van der Waals surface area contributed by atoms with Crippen molar-refractivity contribution in [3.8, 4) is 0 Å². The Kier molecular flexibility index (Phi) is 3.91. The lowest BCUT2D eigenvalue weighted by molar-refractivity contribution is -0.118. The second-order valence-corrected chi connectivity index (χ2v) is 5.79. The first kappa shape index (κ1) is 14.0. The van der Waals surface area contributed by atoms with E-state index in [2.05, 4.69) is 21.2 Å². The smallest absolute Gasteiger partial charge is 0.335 e. The fourth-order valence-electron chi connectivity index (χ4n) is 2.08. The van der Waals surface area contributed by atoms with Crippen molar-refractivity contribution in [1.82, 2.24) is 0 Å². The van der Waals surface area contributed by atoms with Gasteiger partial charge in [-0.3, -0.25) is 4.79 Å². The van der Waals surface area contributed by atoms with E-state index in [1.165, 1.54) is 12.1 Å². The van der Waals surface area contributed by atoms with E-state index in [4.69, 9.17) is 10.8 Å². The zero-order valence-corrected chi connectivity index (χ0v) is 11.9. The number of nitrogens with two attached hydrogens (primary N) is 1. The van der Waals surface area contributed by atoms with Gasteiger partial charge in [-0.15, -0.1) is 0 Å². The zero-order chi connectivity index (χ0) is 14.0. The lowest BCUT2D eigenvalue weighted by atomic mass is 9.75. The minimum Gasteiger partial charge on any atom is -0.478 e. The van der Waals surface area contributed by atoms with Crippen molar-refractivity contribution >= 4 is 33.5 Å². The summed E-state index contributed by atoms with van der Waals surface area (Å²) in [6.45, 7) is 0. The van der Waals surface area contributed by atoms with Crippen LogP contribution in [-0.4, -0.2) is 22.5 Å². The summed E-state index contributed by atoms with van der Waals surface area (Å²) in [6.07, 6.45) is 3.03. The van der Waals surface area contributed by atoms with Crippen LogP contribution >= 0.6 is 15.9 Å². The maximum absolute atomic E-state index is 11.9. The first-order valence-electron chi connectivity index (χ1n) is 6.01. The Morgan fingerprint density at radius 2 is 2.11 bits per heavy atom. The van der Waals surface area contributed by atoms with Gasteiger partial charge in [-0.2, -0.15) is 0 Å². The van der Waals surface area contributed by atoms with E-state index in [1.807, 2.05) is 0 Å². The molecule has 0 aliphatic heterocycles. The molecule has 1 saturated carbocycles. The van der Waals surface area contributed by atoms with Crippen LogP contribution in [0.25, 0.3) is 0 Å². The zero-order valence-electron chi connectivity index (χ0n) is 10.3. The van der Waals surface area contributed by atoms with Crippen molar-refractivity contribution in [1.29, 1.82) is 0 Å². The summed E-state index contributed by atoms with van der Waals surface area (Å²) in [5, 5.41) is 11.6. The molecule has 1 aliphatic rings. The van der Waals surface area contributed by atoms with E-state index in [-0.39, 0.29) is 23.4 Å². The molecule has 1 aliphatic carbocycles. The molecule has 0 bridgehead atoms. The van der Waals surface area contributed by atoms with E-state index in [0.29, 0.717) is 10.2 Å². The van der Waals surface area contributed by atoms with E-state index in [0.717, 1.165) is 19.3 Å². The van der Waals surface area contributed by atoms with Crippen LogP contribution in [0.5, 0.6) is 0 Å². The van der Waals surface area contributed by atoms with Crippen LogP contribution in [0.15, 0.2) is 22.7 Å². The molecule has 5 nitrogen and oxygen atoms in total. The Bertz CT molecular complexity index is 527. The van der Waals surface area contributed by atoms with Gasteiger partial charge in [-0.1, -0.05) is 0 Å². The number of halogens is 1. The summed E-state index contributed by atoms with van der Waals surface area (Å²) in [4.78, 5) is 22.8. The average Bonchev–Trinajstić information content (AvgIpc) is 2.29. The van der Waals surface area contributed by atoms with E-state index >= 15 is 0 Å². The predicted molar refractivity (Wildman–Crippen MR) is 75.1 cm³/mol. The molecule has 19 heavy (non-hydrogen) atoms. The number of carbonyl (C=O) groups excluding carboxylic acids is 1. The lowest BCUT2D eigenvalue weighted by Gasteiger charge is -2.37. The second kappa shape index (κ2) is 5.30. The van der Waals surface area contributed by atoms with Gasteiger partial charge in [0.25, 0.3) is 0 Å². The van der Waals surface area contributed by atoms with Crippen molar-refractivity contribution in [2.45, 2.75) is 31.2 Å². The number of amides is 1. The molecule has 0 aromatic heterocycles. The number of carbonyl (C=O) groups is 2. The Labute approximate surface area is 119 Å². The molecule has 102 valence electrons.